The number of rotatable bonds is 8. The molecule has 22 nitrogen and oxygen atoms in total. The molecule has 16 heterocycles. The molecule has 4 aromatic carbocycles. The molecule has 8 aliphatic rings. The molecule has 0 saturated heterocycles. The van der Waals surface area contributed by atoms with Crippen LogP contribution in [0, 0.1) is 76.6 Å². The first-order valence-electron chi connectivity index (χ1n) is 31.3. The zero-order valence-corrected chi connectivity index (χ0v) is 63.0. The molecule has 0 bridgehead atoms. The van der Waals surface area contributed by atoms with Gasteiger partial charge in [0.1, 0.15) is 60.2 Å². The Labute approximate surface area is 632 Å². The van der Waals surface area contributed by atoms with Crippen LogP contribution in [0.15, 0.2) is 184 Å². The van der Waals surface area contributed by atoms with E-state index in [4.69, 9.17) is 0 Å². The summed E-state index contributed by atoms with van der Waals surface area (Å²) in [4.78, 5) is 77.3. The molecule has 12 aromatic rings. The summed E-state index contributed by atoms with van der Waals surface area (Å²) in [5.74, 6) is 5.58. The van der Waals surface area contributed by atoms with Gasteiger partial charge in [0.2, 0.25) is 0 Å². The van der Waals surface area contributed by atoms with Crippen LogP contribution in [0.5, 0.6) is 0 Å². The first kappa shape index (κ1) is 69.1. The SMILES string of the molecule is [Os].[Os].[Os].[Os].[c-]1c(N2[CH-]Cc3cccnc32)cccc1N1[CH-]Cc2cccnc21.[c-]1c(N2[CH-]Cc3cncnc32)cccc1N1[CH-]Cc2cncnc21.[c-]1c(N2[CH-]Cc3nccnc32)cccc1N1[CH-]Cc2nccnc21.[c-]1c(N2[CH-]Cc3ncncc32)cccc1N1[CH-]Cc2ncncc21. The van der Waals surface area contributed by atoms with E-state index in [1.165, 1.54) is 11.1 Å². The van der Waals surface area contributed by atoms with Crippen molar-refractivity contribution in [2.45, 2.75) is 51.4 Å². The molecule has 0 aliphatic carbocycles. The van der Waals surface area contributed by atoms with Crippen LogP contribution in [-0.4, -0.2) is 69.8 Å². The van der Waals surface area contributed by atoms with Crippen molar-refractivity contribution in [1.29, 1.82) is 0 Å². The van der Waals surface area contributed by atoms with E-state index in [2.05, 4.69) is 206 Å². The van der Waals surface area contributed by atoms with Crippen molar-refractivity contribution in [2.75, 3.05) is 39.2 Å². The Bertz CT molecular complexity index is 3980. The van der Waals surface area contributed by atoms with Gasteiger partial charge in [0.25, 0.3) is 0 Å². The van der Waals surface area contributed by atoms with Crippen molar-refractivity contribution in [1.82, 2.24) is 69.8 Å². The number of hydrogen-bond acceptors (Lipinski definition) is 22. The maximum absolute atomic E-state index is 4.52. The zero-order chi connectivity index (χ0) is 63.7. The van der Waals surface area contributed by atoms with Gasteiger partial charge in [0, 0.05) is 151 Å². The van der Waals surface area contributed by atoms with Crippen molar-refractivity contribution in [3.8, 4) is 0 Å². The summed E-state index contributed by atoms with van der Waals surface area (Å²) >= 11 is 0. The van der Waals surface area contributed by atoms with Gasteiger partial charge in [-0.05, 0) is 34.4 Å². The van der Waals surface area contributed by atoms with E-state index in [-0.39, 0.29) is 79.2 Å². The average molecular weight is 2010 g/mol. The number of pyridine rings is 2. The number of nitrogens with zero attached hydrogens (tertiary/aromatic N) is 22. The molecule has 20 rings (SSSR count). The number of anilines is 16. The van der Waals surface area contributed by atoms with Gasteiger partial charge in [-0.2, -0.15) is 24.3 Å². The Kier molecular flexibility index (Phi) is 21.4. The molecule has 0 spiro atoms. The minimum absolute atomic E-state index is 0. The van der Waals surface area contributed by atoms with Crippen LogP contribution >= 0.6 is 0 Å². The Hall–Kier alpha value is -9.39. The second kappa shape index (κ2) is 31.0. The predicted molar refractivity (Wildman–Crippen MR) is 363 cm³/mol. The molecule has 0 atom stereocenters. The topological polar surface area (TPSA) is 206 Å². The quantitative estimate of drug-likeness (QED) is 0.130. The second-order valence-electron chi connectivity index (χ2n) is 22.8. The number of benzene rings is 4. The first-order valence-corrected chi connectivity index (χ1v) is 31.3. The predicted octanol–water partition coefficient (Wildman–Crippen LogP) is 12.3. The largest absolute Gasteiger partial charge is 0.511 e. The van der Waals surface area contributed by atoms with Crippen LogP contribution < -0.4 is 39.2 Å². The van der Waals surface area contributed by atoms with Crippen molar-refractivity contribution in [3.63, 3.8) is 0 Å². The molecule has 0 saturated carbocycles. The molecule has 0 radical (unpaired) electrons. The fraction of sp³-hybridized carbons (Fsp3) is 0.108. The zero-order valence-electron chi connectivity index (χ0n) is 52.8. The molecule has 26 heteroatoms. The standard InChI is InChI=1S/C20H15N4.3C18H13N6.4Os/c1-6-17(23-12-8-15-4-2-10-21-19(15)23)14-18(7-1)24-13-9-16-5-3-11-22-20(16)24;1-2-13(23-10-4-15-17(23)21-8-6-19-15)12-14(3-1)24-11-5-16-18(24)22-9-7-20-16;1-2-15(23-6-4-13-9-19-11-21-17(13)23)8-16(3-1)24-7-5-14-10-20-12-22-18(14)24;1-2-13(23-6-4-15-17(23)9-19-11-21-15)8-14(3-1)24-7-5-16-18(24)10-20-12-22-16;;;;/h1-7,10-13H,8-9H2;1-3,6-11H,4-5H2;2*1-3,6-7,9-12H,4-5H2;;;;/q4*-3;;;;. The minimum atomic E-state index is 0. The molecule has 8 aliphatic heterocycles. The number of hydrogen-bond donors (Lipinski definition) is 0. The normalized spacial score (nSPS) is 14.9. The molecule has 0 unspecified atom stereocenters. The maximum Gasteiger partial charge on any atom is 0.121 e. The van der Waals surface area contributed by atoms with Crippen LogP contribution in [0.25, 0.3) is 0 Å². The van der Waals surface area contributed by atoms with Gasteiger partial charge >= 0.3 is 0 Å². The molecule has 0 N–H and O–H groups in total. The third-order valence-corrected chi connectivity index (χ3v) is 17.2. The monoisotopic (exact) mass is 2020 g/mol. The summed E-state index contributed by atoms with van der Waals surface area (Å²) in [5.41, 5.74) is 18.6. The number of aromatic nitrogens is 14. The van der Waals surface area contributed by atoms with Crippen molar-refractivity contribution in [2.24, 2.45) is 0 Å². The molecule has 504 valence electrons. The third-order valence-electron chi connectivity index (χ3n) is 17.2. The van der Waals surface area contributed by atoms with Gasteiger partial charge in [-0.15, -0.1) is 170 Å². The minimum Gasteiger partial charge on any atom is -0.511 e. The molecule has 100 heavy (non-hydrogen) atoms. The van der Waals surface area contributed by atoms with Crippen LogP contribution in [-0.2, 0) is 131 Å². The molecule has 0 amide bonds. The molecule has 8 aromatic heterocycles. The van der Waals surface area contributed by atoms with Gasteiger partial charge in [0.05, 0.1) is 23.8 Å². The molecule has 0 fully saturated rings. The second-order valence-corrected chi connectivity index (χ2v) is 22.8. The summed E-state index contributed by atoms with van der Waals surface area (Å²) in [6.45, 7) is 16.9. The third kappa shape index (κ3) is 13.7. The van der Waals surface area contributed by atoms with Crippen LogP contribution in [0.3, 0.4) is 0 Å². The van der Waals surface area contributed by atoms with E-state index in [0.29, 0.717) is 0 Å². The van der Waals surface area contributed by atoms with Gasteiger partial charge in [0.15, 0.2) is 0 Å². The Morgan fingerprint density at radius 1 is 0.240 bits per heavy atom. The summed E-state index contributed by atoms with van der Waals surface area (Å²) in [6.07, 6.45) is 31.0. The van der Waals surface area contributed by atoms with Crippen LogP contribution in [0.1, 0.15) is 45.0 Å². The van der Waals surface area contributed by atoms with Gasteiger partial charge in [-0.3, -0.25) is 9.97 Å². The van der Waals surface area contributed by atoms with E-state index in [1.54, 1.807) is 50.1 Å². The maximum atomic E-state index is 4.52. The van der Waals surface area contributed by atoms with Gasteiger partial charge in [-0.25, -0.2) is 112 Å². The van der Waals surface area contributed by atoms with E-state index < -0.39 is 0 Å². The van der Waals surface area contributed by atoms with Crippen LogP contribution in [0.2, 0.25) is 0 Å². The molecular weight excluding hydrogens is 1960 g/mol. The van der Waals surface area contributed by atoms with Crippen molar-refractivity contribution < 1.29 is 79.2 Å². The summed E-state index contributed by atoms with van der Waals surface area (Å²) < 4.78 is 0. The summed E-state index contributed by atoms with van der Waals surface area (Å²) in [5, 5.41) is 0. The van der Waals surface area contributed by atoms with E-state index in [0.717, 1.165) is 177 Å². The number of fused-ring (bicyclic) bond motifs is 8. The van der Waals surface area contributed by atoms with Gasteiger partial charge < -0.3 is 39.2 Å². The van der Waals surface area contributed by atoms with E-state index >= 15 is 0 Å². The van der Waals surface area contributed by atoms with Gasteiger partial charge in [-0.1, -0.05) is 12.1 Å². The van der Waals surface area contributed by atoms with E-state index in [1.807, 2.05) is 114 Å². The summed E-state index contributed by atoms with van der Waals surface area (Å²) in [7, 11) is 0. The van der Waals surface area contributed by atoms with Crippen LogP contribution in [0.4, 0.5) is 91.8 Å². The van der Waals surface area contributed by atoms with Crippen molar-refractivity contribution in [3.05, 3.63) is 306 Å². The molecular formula is C74H54N22Os4-12. The smallest absolute Gasteiger partial charge is 0.121 e. The average Bonchev–Trinajstić information content (AvgIpc) is 1.62. The van der Waals surface area contributed by atoms with Crippen molar-refractivity contribution >= 4 is 91.8 Å². The first-order chi connectivity index (χ1) is 47.6. The Morgan fingerprint density at radius 2 is 0.520 bits per heavy atom. The fourth-order valence-corrected chi connectivity index (χ4v) is 12.7. The Morgan fingerprint density at radius 3 is 0.910 bits per heavy atom. The van der Waals surface area contributed by atoms with E-state index in [9.17, 15) is 0 Å². The Balaban J connectivity index is 0.000000118. The fourth-order valence-electron chi connectivity index (χ4n) is 12.7. The summed E-state index contributed by atoms with van der Waals surface area (Å²) in [6, 6.07) is 46.6.